The lowest BCUT2D eigenvalue weighted by Gasteiger charge is -2.25. The summed E-state index contributed by atoms with van der Waals surface area (Å²) >= 11 is 3.42. The van der Waals surface area contributed by atoms with Crippen LogP contribution in [0.3, 0.4) is 0 Å². The highest BCUT2D eigenvalue weighted by Crippen LogP contribution is 2.21. The van der Waals surface area contributed by atoms with E-state index in [1.807, 2.05) is 51.4 Å². The van der Waals surface area contributed by atoms with Gasteiger partial charge in [-0.3, -0.25) is 14.6 Å². The number of halogens is 1. The normalized spacial score (nSPS) is 11.1. The van der Waals surface area contributed by atoms with Crippen LogP contribution in [0.25, 0.3) is 11.3 Å². The Morgan fingerprint density at radius 3 is 2.64 bits per heavy atom. The summed E-state index contributed by atoms with van der Waals surface area (Å²) in [5.74, 6) is -0.0743. The summed E-state index contributed by atoms with van der Waals surface area (Å²) in [7, 11) is 1.87. The van der Waals surface area contributed by atoms with E-state index in [4.69, 9.17) is 0 Å². The van der Waals surface area contributed by atoms with E-state index in [-0.39, 0.29) is 11.9 Å². The largest absolute Gasteiger partial charge is 0.330 e. The van der Waals surface area contributed by atoms with Crippen molar-refractivity contribution >= 4 is 21.8 Å². The third kappa shape index (κ3) is 3.99. The number of aromatic nitrogens is 4. The van der Waals surface area contributed by atoms with E-state index in [0.717, 1.165) is 21.3 Å². The van der Waals surface area contributed by atoms with Crippen molar-refractivity contribution in [1.29, 1.82) is 0 Å². The molecule has 0 bridgehead atoms. The Hall–Kier alpha value is -2.41. The molecule has 6 nitrogen and oxygen atoms in total. The molecule has 0 fully saturated rings. The third-order valence-electron chi connectivity index (χ3n) is 3.94. The molecule has 1 amide bonds. The summed E-state index contributed by atoms with van der Waals surface area (Å²) < 4.78 is 2.74. The second-order valence-corrected chi connectivity index (χ2v) is 7.14. The molecule has 0 atom stereocenters. The molecule has 0 unspecified atom stereocenters. The van der Waals surface area contributed by atoms with E-state index >= 15 is 0 Å². The van der Waals surface area contributed by atoms with Gasteiger partial charge in [0.1, 0.15) is 5.69 Å². The lowest BCUT2D eigenvalue weighted by Crippen LogP contribution is -2.36. The number of aromatic amines is 1. The topological polar surface area (TPSA) is 66.8 Å². The molecule has 0 aliphatic heterocycles. The fourth-order valence-electron chi connectivity index (χ4n) is 2.59. The second-order valence-electron chi connectivity index (χ2n) is 6.22. The van der Waals surface area contributed by atoms with Crippen LogP contribution in [-0.4, -0.2) is 36.8 Å². The predicted molar refractivity (Wildman–Crippen MR) is 99.9 cm³/mol. The predicted octanol–water partition coefficient (Wildman–Crippen LogP) is 3.62. The van der Waals surface area contributed by atoms with Crippen molar-refractivity contribution in [2.75, 3.05) is 0 Å². The summed E-state index contributed by atoms with van der Waals surface area (Å²) in [6.45, 7) is 4.51. The zero-order valence-electron chi connectivity index (χ0n) is 14.4. The molecule has 0 saturated carbocycles. The quantitative estimate of drug-likeness (QED) is 0.709. The van der Waals surface area contributed by atoms with Crippen molar-refractivity contribution in [3.05, 3.63) is 58.5 Å². The third-order valence-corrected chi connectivity index (χ3v) is 4.47. The number of benzene rings is 1. The molecule has 3 rings (SSSR count). The maximum absolute atomic E-state index is 12.9. The minimum Gasteiger partial charge on any atom is -0.330 e. The first-order valence-corrected chi connectivity index (χ1v) is 8.83. The number of aryl methyl sites for hydroxylation is 1. The monoisotopic (exact) mass is 401 g/mol. The van der Waals surface area contributed by atoms with Crippen LogP contribution in [0.2, 0.25) is 0 Å². The summed E-state index contributed by atoms with van der Waals surface area (Å²) in [5.41, 5.74) is 3.19. The van der Waals surface area contributed by atoms with Gasteiger partial charge in [-0.05, 0) is 32.0 Å². The van der Waals surface area contributed by atoms with Crippen molar-refractivity contribution in [2.24, 2.45) is 7.05 Å². The Bertz CT molecular complexity index is 866. The minimum absolute atomic E-state index is 0.0622. The van der Waals surface area contributed by atoms with Crippen LogP contribution in [0.15, 0.2) is 47.2 Å². The molecule has 2 aromatic heterocycles. The van der Waals surface area contributed by atoms with Gasteiger partial charge in [-0.2, -0.15) is 10.2 Å². The van der Waals surface area contributed by atoms with E-state index in [2.05, 4.69) is 31.2 Å². The number of nitrogens with zero attached hydrogens (tertiary/aromatic N) is 4. The van der Waals surface area contributed by atoms with Gasteiger partial charge in [-0.25, -0.2) is 0 Å². The van der Waals surface area contributed by atoms with Gasteiger partial charge in [0.05, 0.1) is 11.9 Å². The fraction of sp³-hybridized carbons (Fsp3) is 0.278. The number of carbonyl (C=O) groups is 1. The highest BCUT2D eigenvalue weighted by atomic mass is 79.9. The second kappa shape index (κ2) is 7.23. The van der Waals surface area contributed by atoms with Crippen LogP contribution in [0.4, 0.5) is 0 Å². The van der Waals surface area contributed by atoms with Gasteiger partial charge in [0, 0.05) is 41.4 Å². The molecule has 0 aliphatic carbocycles. The highest BCUT2D eigenvalue weighted by Gasteiger charge is 2.22. The van der Waals surface area contributed by atoms with Crippen molar-refractivity contribution in [3.63, 3.8) is 0 Å². The Kier molecular flexibility index (Phi) is 5.03. The summed E-state index contributed by atoms with van der Waals surface area (Å²) in [5, 5.41) is 11.3. The lowest BCUT2D eigenvalue weighted by molar-refractivity contribution is 0.0684. The number of hydrogen-bond donors (Lipinski definition) is 1. The minimum atomic E-state index is -0.0743. The molecule has 0 radical (unpaired) electrons. The van der Waals surface area contributed by atoms with Crippen molar-refractivity contribution in [2.45, 2.75) is 26.4 Å². The number of hydrogen-bond acceptors (Lipinski definition) is 3. The maximum Gasteiger partial charge on any atom is 0.272 e. The Morgan fingerprint density at radius 2 is 2.04 bits per heavy atom. The molecule has 1 N–H and O–H groups in total. The average molecular weight is 402 g/mol. The van der Waals surface area contributed by atoms with Crippen LogP contribution >= 0.6 is 15.9 Å². The first kappa shape index (κ1) is 17.4. The number of amides is 1. The standard InChI is InChI=1S/C18H20BrN5O/c1-12(2)24(11-13-9-20-23(3)10-13)18(25)17-8-16(21-22-17)14-4-6-15(19)7-5-14/h4-10,12H,11H2,1-3H3,(H,21,22). The molecule has 7 heteroatoms. The first-order chi connectivity index (χ1) is 11.9. The first-order valence-electron chi connectivity index (χ1n) is 8.04. The van der Waals surface area contributed by atoms with Gasteiger partial charge in [0.2, 0.25) is 0 Å². The van der Waals surface area contributed by atoms with Crippen molar-refractivity contribution in [1.82, 2.24) is 24.9 Å². The van der Waals surface area contributed by atoms with Crippen molar-refractivity contribution < 1.29 is 4.79 Å². The molecular formula is C18H20BrN5O. The number of nitrogens with one attached hydrogen (secondary N) is 1. The molecule has 2 heterocycles. The molecule has 130 valence electrons. The molecule has 1 aromatic carbocycles. The maximum atomic E-state index is 12.9. The van der Waals surface area contributed by atoms with E-state index in [1.54, 1.807) is 21.8 Å². The van der Waals surface area contributed by atoms with Gasteiger partial charge in [0.25, 0.3) is 5.91 Å². The average Bonchev–Trinajstić information content (AvgIpc) is 3.22. The van der Waals surface area contributed by atoms with Gasteiger partial charge in [0.15, 0.2) is 0 Å². The van der Waals surface area contributed by atoms with E-state index < -0.39 is 0 Å². The fourth-order valence-corrected chi connectivity index (χ4v) is 2.86. The van der Waals surface area contributed by atoms with Crippen LogP contribution in [0.1, 0.15) is 29.9 Å². The van der Waals surface area contributed by atoms with E-state index in [1.165, 1.54) is 0 Å². The highest BCUT2D eigenvalue weighted by molar-refractivity contribution is 9.10. The van der Waals surface area contributed by atoms with Crippen LogP contribution in [0, 0.1) is 0 Å². The van der Waals surface area contributed by atoms with Crippen molar-refractivity contribution in [3.8, 4) is 11.3 Å². The van der Waals surface area contributed by atoms with Gasteiger partial charge >= 0.3 is 0 Å². The molecule has 0 spiro atoms. The SMILES string of the molecule is CC(C)N(Cc1cnn(C)c1)C(=O)c1cc(-c2ccc(Br)cc2)n[nH]1. The van der Waals surface area contributed by atoms with Gasteiger partial charge < -0.3 is 4.90 Å². The Labute approximate surface area is 155 Å². The smallest absolute Gasteiger partial charge is 0.272 e. The van der Waals surface area contributed by atoms with Crippen LogP contribution < -0.4 is 0 Å². The molecule has 3 aromatic rings. The molecule has 25 heavy (non-hydrogen) atoms. The zero-order valence-corrected chi connectivity index (χ0v) is 16.0. The number of H-pyrrole nitrogens is 1. The van der Waals surface area contributed by atoms with E-state index in [9.17, 15) is 4.79 Å². The lowest BCUT2D eigenvalue weighted by atomic mass is 10.1. The zero-order chi connectivity index (χ0) is 18.0. The summed E-state index contributed by atoms with van der Waals surface area (Å²) in [6.07, 6.45) is 3.70. The van der Waals surface area contributed by atoms with E-state index in [0.29, 0.717) is 12.2 Å². The Balaban J connectivity index is 1.81. The van der Waals surface area contributed by atoms with Crippen LogP contribution in [0.5, 0.6) is 0 Å². The Morgan fingerprint density at radius 1 is 1.32 bits per heavy atom. The molecule has 0 saturated heterocycles. The van der Waals surface area contributed by atoms with Crippen LogP contribution in [-0.2, 0) is 13.6 Å². The summed E-state index contributed by atoms with van der Waals surface area (Å²) in [6, 6.07) is 9.69. The molecular weight excluding hydrogens is 382 g/mol. The molecule has 0 aliphatic rings. The van der Waals surface area contributed by atoms with Gasteiger partial charge in [-0.15, -0.1) is 0 Å². The van der Waals surface area contributed by atoms with Gasteiger partial charge in [-0.1, -0.05) is 28.1 Å². The number of rotatable bonds is 5. The number of carbonyl (C=O) groups excluding carboxylic acids is 1. The summed E-state index contributed by atoms with van der Waals surface area (Å²) in [4.78, 5) is 14.7.